The van der Waals surface area contributed by atoms with Crippen LogP contribution < -0.4 is 5.32 Å². The summed E-state index contributed by atoms with van der Waals surface area (Å²) in [5.74, 6) is -2.59. The fraction of sp³-hybridized carbons (Fsp3) is 0.727. The average molecular weight is 259 g/mol. The fourth-order valence-electron chi connectivity index (χ4n) is 2.21. The molecule has 7 nitrogen and oxygen atoms in total. The van der Waals surface area contributed by atoms with Gasteiger partial charge in [-0.25, -0.2) is 0 Å². The van der Waals surface area contributed by atoms with Gasteiger partial charge in [0.15, 0.2) is 28.6 Å². The van der Waals surface area contributed by atoms with Gasteiger partial charge in [0.05, 0.1) is 0 Å². The molecule has 1 rings (SSSR count). The second-order valence-corrected chi connectivity index (χ2v) is 4.63. The molecule has 0 radical (unpaired) electrons. The van der Waals surface area contributed by atoms with Gasteiger partial charge in [-0.2, -0.15) is 0 Å². The summed E-state index contributed by atoms with van der Waals surface area (Å²) in [6.07, 6.45) is -1.43. The largest absolute Gasteiger partial charge is 0.386 e. The van der Waals surface area contributed by atoms with Crippen molar-refractivity contribution in [2.75, 3.05) is 6.54 Å². The predicted molar refractivity (Wildman–Crippen MR) is 59.7 cm³/mol. The number of aliphatic hydroxyl groups excluding tert-OH is 1. The van der Waals surface area contributed by atoms with Crippen LogP contribution in [0.25, 0.3) is 0 Å². The Balaban J connectivity index is 3.31. The van der Waals surface area contributed by atoms with Gasteiger partial charge in [-0.15, -0.1) is 0 Å². The smallest absolute Gasteiger partial charge is 0.182 e. The van der Waals surface area contributed by atoms with E-state index in [4.69, 9.17) is 0 Å². The van der Waals surface area contributed by atoms with Crippen LogP contribution in [0.15, 0.2) is 0 Å². The van der Waals surface area contributed by atoms with Crippen LogP contribution in [0.1, 0.15) is 20.8 Å². The summed E-state index contributed by atoms with van der Waals surface area (Å²) in [6.45, 7) is 2.74. The highest BCUT2D eigenvalue weighted by molar-refractivity contribution is 6.05. The van der Waals surface area contributed by atoms with Crippen LogP contribution in [0.4, 0.5) is 0 Å². The van der Waals surface area contributed by atoms with Gasteiger partial charge in [-0.3, -0.25) is 14.4 Å². The lowest BCUT2D eigenvalue weighted by atomic mass is 9.74. The first-order valence-electron chi connectivity index (χ1n) is 5.51. The highest BCUT2D eigenvalue weighted by Crippen LogP contribution is 2.34. The first-order chi connectivity index (χ1) is 8.09. The summed E-state index contributed by atoms with van der Waals surface area (Å²) in [5, 5.41) is 32.1. The van der Waals surface area contributed by atoms with Crippen molar-refractivity contribution in [2.45, 2.75) is 44.1 Å². The van der Waals surface area contributed by atoms with Crippen LogP contribution in [-0.4, -0.2) is 62.6 Å². The van der Waals surface area contributed by atoms with Gasteiger partial charge in [0.1, 0.15) is 12.1 Å². The molecule has 0 aromatic carbocycles. The number of aliphatic hydroxyl groups is 3. The Kier molecular flexibility index (Phi) is 3.73. The van der Waals surface area contributed by atoms with Crippen molar-refractivity contribution in [3.8, 4) is 0 Å². The molecule has 0 spiro atoms. The maximum atomic E-state index is 11.7. The fourth-order valence-corrected chi connectivity index (χ4v) is 2.21. The summed E-state index contributed by atoms with van der Waals surface area (Å²) in [6, 6.07) is -1.51. The molecule has 1 fully saturated rings. The van der Waals surface area contributed by atoms with Crippen LogP contribution >= 0.6 is 0 Å². The minimum atomic E-state index is -2.56. The van der Waals surface area contributed by atoms with E-state index in [1.165, 1.54) is 6.92 Å². The lowest BCUT2D eigenvalue weighted by Crippen LogP contribution is -2.67. The van der Waals surface area contributed by atoms with Crippen molar-refractivity contribution < 1.29 is 29.7 Å². The third kappa shape index (κ3) is 1.79. The molecule has 4 atom stereocenters. The van der Waals surface area contributed by atoms with Gasteiger partial charge in [-0.1, -0.05) is 0 Å². The van der Waals surface area contributed by atoms with Crippen LogP contribution in [0.3, 0.4) is 0 Å². The summed E-state index contributed by atoms with van der Waals surface area (Å²) >= 11 is 0. The second-order valence-electron chi connectivity index (χ2n) is 4.63. The van der Waals surface area contributed by atoms with Crippen molar-refractivity contribution in [3.05, 3.63) is 0 Å². The molecule has 0 amide bonds. The van der Waals surface area contributed by atoms with E-state index in [0.717, 1.165) is 13.8 Å². The van der Waals surface area contributed by atoms with Crippen molar-refractivity contribution in [2.24, 2.45) is 0 Å². The standard InChI is InChI=1S/C11H17NO6/c1-5(13)8(16)9-11(18,7(3)15)10(17,4-12-9)6(2)14/h5,9,12-13,17-18H,4H2,1-3H3. The lowest BCUT2D eigenvalue weighted by molar-refractivity contribution is -0.175. The molecule has 0 saturated carbocycles. The molecule has 4 N–H and O–H groups in total. The van der Waals surface area contributed by atoms with E-state index in [0.29, 0.717) is 0 Å². The molecule has 0 aliphatic carbocycles. The Morgan fingerprint density at radius 3 is 2.06 bits per heavy atom. The van der Waals surface area contributed by atoms with Crippen LogP contribution in [-0.2, 0) is 14.4 Å². The van der Waals surface area contributed by atoms with Crippen LogP contribution in [0.5, 0.6) is 0 Å². The Hall–Kier alpha value is -1.15. The number of rotatable bonds is 4. The molecule has 0 bridgehead atoms. The molecule has 1 heterocycles. The molecule has 0 aromatic heterocycles. The van der Waals surface area contributed by atoms with Crippen molar-refractivity contribution >= 4 is 17.3 Å². The van der Waals surface area contributed by atoms with Gasteiger partial charge < -0.3 is 20.6 Å². The third-order valence-electron chi connectivity index (χ3n) is 3.43. The van der Waals surface area contributed by atoms with E-state index in [1.807, 2.05) is 0 Å². The highest BCUT2D eigenvalue weighted by Gasteiger charge is 2.67. The van der Waals surface area contributed by atoms with E-state index in [1.54, 1.807) is 0 Å². The molecule has 18 heavy (non-hydrogen) atoms. The summed E-state index contributed by atoms with van der Waals surface area (Å²) in [5.41, 5.74) is -4.93. The first-order valence-corrected chi connectivity index (χ1v) is 5.51. The minimum Gasteiger partial charge on any atom is -0.386 e. The van der Waals surface area contributed by atoms with Crippen LogP contribution in [0.2, 0.25) is 0 Å². The number of Topliss-reactive ketones (excluding diaryl/α,β-unsaturated/α-hetero) is 3. The summed E-state index contributed by atoms with van der Waals surface area (Å²) < 4.78 is 0. The van der Waals surface area contributed by atoms with E-state index in [-0.39, 0.29) is 0 Å². The highest BCUT2D eigenvalue weighted by atomic mass is 16.4. The number of ketones is 3. The van der Waals surface area contributed by atoms with Crippen molar-refractivity contribution in [1.29, 1.82) is 0 Å². The molecule has 1 aliphatic heterocycles. The van der Waals surface area contributed by atoms with Gasteiger partial charge >= 0.3 is 0 Å². The number of hydrogen-bond acceptors (Lipinski definition) is 7. The molecule has 0 aromatic rings. The SMILES string of the molecule is CC(=O)C1(O)CNC(C(=O)C(C)O)C1(O)C(C)=O. The molecular formula is C11H17NO6. The molecule has 4 unspecified atom stereocenters. The van der Waals surface area contributed by atoms with Gasteiger partial charge in [0, 0.05) is 6.54 Å². The molecule has 1 aliphatic rings. The van der Waals surface area contributed by atoms with E-state index < -0.39 is 47.2 Å². The monoisotopic (exact) mass is 259 g/mol. The Morgan fingerprint density at radius 1 is 1.22 bits per heavy atom. The molecule has 1 saturated heterocycles. The van der Waals surface area contributed by atoms with Gasteiger partial charge in [0.25, 0.3) is 0 Å². The number of nitrogens with one attached hydrogen (secondary N) is 1. The van der Waals surface area contributed by atoms with E-state index in [9.17, 15) is 29.7 Å². The minimum absolute atomic E-state index is 0.429. The quantitative estimate of drug-likeness (QED) is 0.441. The molecule has 102 valence electrons. The maximum Gasteiger partial charge on any atom is 0.182 e. The van der Waals surface area contributed by atoms with Crippen molar-refractivity contribution in [3.63, 3.8) is 0 Å². The zero-order valence-electron chi connectivity index (χ0n) is 10.4. The van der Waals surface area contributed by atoms with Crippen LogP contribution in [0, 0.1) is 0 Å². The predicted octanol–water partition coefficient (Wildman–Crippen LogP) is -2.45. The Morgan fingerprint density at radius 2 is 1.72 bits per heavy atom. The average Bonchev–Trinajstić information content (AvgIpc) is 2.53. The summed E-state index contributed by atoms with van der Waals surface area (Å²) in [4.78, 5) is 34.8. The number of β-amino-alcohol motifs (C(OH)–C–C–N with tert-alkyl or cyclic N) is 1. The zero-order valence-corrected chi connectivity index (χ0v) is 10.4. The van der Waals surface area contributed by atoms with Gasteiger partial charge in [-0.05, 0) is 20.8 Å². The van der Waals surface area contributed by atoms with E-state index in [2.05, 4.69) is 5.32 Å². The van der Waals surface area contributed by atoms with Gasteiger partial charge in [0.2, 0.25) is 0 Å². The number of carbonyl (C=O) groups is 3. The third-order valence-corrected chi connectivity index (χ3v) is 3.43. The van der Waals surface area contributed by atoms with E-state index >= 15 is 0 Å². The normalized spacial score (nSPS) is 37.3. The maximum absolute atomic E-state index is 11.7. The molecule has 7 heteroatoms. The second kappa shape index (κ2) is 4.51. The number of carbonyl (C=O) groups excluding carboxylic acids is 3. The zero-order chi connectivity index (χ0) is 14.3. The first kappa shape index (κ1) is 14.9. The molecular weight excluding hydrogens is 242 g/mol. The lowest BCUT2D eigenvalue weighted by Gasteiger charge is -2.36. The Labute approximate surface area is 104 Å². The van der Waals surface area contributed by atoms with Crippen molar-refractivity contribution in [1.82, 2.24) is 5.32 Å². The number of hydrogen-bond donors (Lipinski definition) is 4. The Bertz CT molecular complexity index is 406. The summed E-state index contributed by atoms with van der Waals surface area (Å²) in [7, 11) is 0. The topological polar surface area (TPSA) is 124 Å².